The van der Waals surface area contributed by atoms with Crippen molar-refractivity contribution in [1.29, 1.82) is 0 Å². The number of aromatic hydroxyl groups is 1. The highest BCUT2D eigenvalue weighted by Gasteiger charge is 2.13. The van der Waals surface area contributed by atoms with Gasteiger partial charge in [0.2, 0.25) is 0 Å². The summed E-state index contributed by atoms with van der Waals surface area (Å²) in [6.07, 6.45) is 0. The first-order valence-corrected chi connectivity index (χ1v) is 7.48. The second kappa shape index (κ2) is 7.42. The molecule has 3 N–H and O–H groups in total. The van der Waals surface area contributed by atoms with Gasteiger partial charge in [0.1, 0.15) is 17.1 Å². The SMILES string of the molecule is Cc1cc(Cl)cc(Cl)c1OCC(=O)Nc1ccc(O)c(C(=O)O)c1. The monoisotopic (exact) mass is 369 g/mol. The third kappa shape index (κ3) is 4.31. The second-order valence-corrected chi connectivity index (χ2v) is 5.75. The maximum Gasteiger partial charge on any atom is 0.339 e. The van der Waals surface area contributed by atoms with E-state index in [1.165, 1.54) is 18.2 Å². The normalized spacial score (nSPS) is 10.3. The average Bonchev–Trinajstić information content (AvgIpc) is 2.47. The van der Waals surface area contributed by atoms with Crippen molar-refractivity contribution in [2.75, 3.05) is 11.9 Å². The lowest BCUT2D eigenvalue weighted by atomic mass is 10.2. The number of amides is 1. The molecule has 0 aliphatic carbocycles. The van der Waals surface area contributed by atoms with Crippen molar-refractivity contribution in [3.8, 4) is 11.5 Å². The Bertz CT molecular complexity index is 784. The number of carbonyl (C=O) groups is 2. The molecule has 0 aliphatic heterocycles. The number of hydrogen-bond donors (Lipinski definition) is 3. The number of halogens is 2. The van der Waals surface area contributed by atoms with Crippen molar-refractivity contribution in [3.05, 3.63) is 51.5 Å². The summed E-state index contributed by atoms with van der Waals surface area (Å²) < 4.78 is 5.39. The average molecular weight is 370 g/mol. The molecule has 0 heterocycles. The van der Waals surface area contributed by atoms with E-state index in [4.69, 9.17) is 33.0 Å². The molecule has 0 unspecified atom stereocenters. The van der Waals surface area contributed by atoms with E-state index in [0.29, 0.717) is 16.3 Å². The highest BCUT2D eigenvalue weighted by molar-refractivity contribution is 6.35. The topological polar surface area (TPSA) is 95.9 Å². The smallest absolute Gasteiger partial charge is 0.339 e. The zero-order valence-corrected chi connectivity index (χ0v) is 14.0. The molecule has 1 amide bonds. The van der Waals surface area contributed by atoms with E-state index in [1.54, 1.807) is 13.0 Å². The van der Waals surface area contributed by atoms with Gasteiger partial charge in [0, 0.05) is 10.7 Å². The molecule has 0 aromatic heterocycles. The third-order valence-corrected chi connectivity index (χ3v) is 3.55. The predicted molar refractivity (Wildman–Crippen MR) is 90.4 cm³/mol. The van der Waals surface area contributed by atoms with Crippen LogP contribution in [0.25, 0.3) is 0 Å². The third-order valence-electron chi connectivity index (χ3n) is 3.05. The van der Waals surface area contributed by atoms with Crippen LogP contribution in [0.5, 0.6) is 11.5 Å². The van der Waals surface area contributed by atoms with Crippen molar-refractivity contribution >= 4 is 40.8 Å². The van der Waals surface area contributed by atoms with Gasteiger partial charge in [0.25, 0.3) is 5.91 Å². The first-order valence-electron chi connectivity index (χ1n) is 6.72. The quantitative estimate of drug-likeness (QED) is 0.697. The van der Waals surface area contributed by atoms with Crippen molar-refractivity contribution in [1.82, 2.24) is 0 Å². The molecule has 0 spiro atoms. The second-order valence-electron chi connectivity index (χ2n) is 4.91. The fourth-order valence-electron chi connectivity index (χ4n) is 1.99. The van der Waals surface area contributed by atoms with E-state index in [1.807, 2.05) is 0 Å². The van der Waals surface area contributed by atoms with Crippen molar-refractivity contribution in [2.24, 2.45) is 0 Å². The minimum absolute atomic E-state index is 0.220. The van der Waals surface area contributed by atoms with Gasteiger partial charge in [-0.2, -0.15) is 0 Å². The summed E-state index contributed by atoms with van der Waals surface area (Å²) in [4.78, 5) is 22.9. The molecule has 24 heavy (non-hydrogen) atoms. The molecule has 6 nitrogen and oxygen atoms in total. The van der Waals surface area contributed by atoms with E-state index in [-0.39, 0.29) is 28.6 Å². The Kier molecular flexibility index (Phi) is 5.54. The zero-order chi connectivity index (χ0) is 17.9. The first kappa shape index (κ1) is 17.9. The molecular formula is C16H13Cl2NO5. The molecule has 126 valence electrons. The van der Waals surface area contributed by atoms with Gasteiger partial charge in [-0.3, -0.25) is 4.79 Å². The van der Waals surface area contributed by atoms with Crippen LogP contribution in [-0.2, 0) is 4.79 Å². The number of rotatable bonds is 5. The maximum absolute atomic E-state index is 11.9. The zero-order valence-electron chi connectivity index (χ0n) is 12.5. The summed E-state index contributed by atoms with van der Waals surface area (Å²) in [7, 11) is 0. The fourth-order valence-corrected chi connectivity index (χ4v) is 2.64. The lowest BCUT2D eigenvalue weighted by Crippen LogP contribution is -2.20. The van der Waals surface area contributed by atoms with Crippen LogP contribution in [0.1, 0.15) is 15.9 Å². The minimum atomic E-state index is -1.30. The minimum Gasteiger partial charge on any atom is -0.507 e. The highest BCUT2D eigenvalue weighted by atomic mass is 35.5. The van der Waals surface area contributed by atoms with E-state index >= 15 is 0 Å². The van der Waals surface area contributed by atoms with Crippen LogP contribution >= 0.6 is 23.2 Å². The molecule has 2 aromatic carbocycles. The van der Waals surface area contributed by atoms with E-state index in [0.717, 1.165) is 6.07 Å². The lowest BCUT2D eigenvalue weighted by molar-refractivity contribution is -0.118. The van der Waals surface area contributed by atoms with Crippen LogP contribution in [0.4, 0.5) is 5.69 Å². The van der Waals surface area contributed by atoms with Crippen molar-refractivity contribution < 1.29 is 24.5 Å². The maximum atomic E-state index is 11.9. The van der Waals surface area contributed by atoms with Crippen molar-refractivity contribution in [3.63, 3.8) is 0 Å². The number of hydrogen-bond acceptors (Lipinski definition) is 4. The first-order chi connectivity index (χ1) is 11.3. The number of aromatic carboxylic acids is 1. The Morgan fingerprint density at radius 2 is 1.92 bits per heavy atom. The van der Waals surface area contributed by atoms with Gasteiger partial charge in [-0.1, -0.05) is 23.2 Å². The molecule has 2 rings (SSSR count). The number of nitrogens with one attached hydrogen (secondary N) is 1. The summed E-state index contributed by atoms with van der Waals surface area (Å²) in [6, 6.07) is 6.86. The Balaban J connectivity index is 2.04. The molecule has 0 atom stereocenters. The number of carboxylic acids is 1. The lowest BCUT2D eigenvalue weighted by Gasteiger charge is -2.12. The van der Waals surface area contributed by atoms with Crippen LogP contribution in [0.2, 0.25) is 10.0 Å². The van der Waals surface area contributed by atoms with E-state index in [9.17, 15) is 14.7 Å². The van der Waals surface area contributed by atoms with Gasteiger partial charge in [0.05, 0.1) is 5.02 Å². The van der Waals surface area contributed by atoms with Gasteiger partial charge in [-0.25, -0.2) is 4.79 Å². The van der Waals surface area contributed by atoms with Crippen LogP contribution in [-0.4, -0.2) is 28.7 Å². The summed E-state index contributed by atoms with van der Waals surface area (Å²) in [5.41, 5.74) is 0.584. The van der Waals surface area contributed by atoms with Gasteiger partial charge >= 0.3 is 5.97 Å². The number of benzene rings is 2. The molecule has 8 heteroatoms. The molecule has 0 bridgehead atoms. The number of phenols is 1. The number of anilines is 1. The predicted octanol–water partition coefficient (Wildman–Crippen LogP) is 3.72. The summed E-state index contributed by atoms with van der Waals surface area (Å²) in [5.74, 6) is -1.86. The largest absolute Gasteiger partial charge is 0.507 e. The Morgan fingerprint density at radius 3 is 2.54 bits per heavy atom. The van der Waals surface area contributed by atoms with Gasteiger partial charge in [0.15, 0.2) is 6.61 Å². The molecule has 0 radical (unpaired) electrons. The highest BCUT2D eigenvalue weighted by Crippen LogP contribution is 2.31. The number of ether oxygens (including phenoxy) is 1. The summed E-state index contributed by atoms with van der Waals surface area (Å²) in [6.45, 7) is 1.41. The Labute approximate surface area is 147 Å². The standard InChI is InChI=1S/C16H13Cl2NO5/c1-8-4-9(17)5-12(18)15(8)24-7-14(21)19-10-2-3-13(20)11(6-10)16(22)23/h2-6,20H,7H2,1H3,(H,19,21)(H,22,23). The van der Waals surface area contributed by atoms with Crippen LogP contribution in [0.3, 0.4) is 0 Å². The fraction of sp³-hybridized carbons (Fsp3) is 0.125. The molecule has 0 aliphatic rings. The van der Waals surface area contributed by atoms with E-state index < -0.39 is 11.9 Å². The number of carbonyl (C=O) groups excluding carboxylic acids is 1. The van der Waals surface area contributed by atoms with Gasteiger partial charge < -0.3 is 20.3 Å². The Hall–Kier alpha value is -2.44. The van der Waals surface area contributed by atoms with Crippen LogP contribution < -0.4 is 10.1 Å². The number of carboxylic acid groups (broad SMARTS) is 1. The molecule has 2 aromatic rings. The molecule has 0 saturated heterocycles. The van der Waals surface area contributed by atoms with Crippen LogP contribution in [0.15, 0.2) is 30.3 Å². The van der Waals surface area contributed by atoms with Crippen molar-refractivity contribution in [2.45, 2.75) is 6.92 Å². The molecular weight excluding hydrogens is 357 g/mol. The Morgan fingerprint density at radius 1 is 1.21 bits per heavy atom. The molecule has 0 saturated carbocycles. The molecule has 0 fully saturated rings. The van der Waals surface area contributed by atoms with Crippen LogP contribution in [0, 0.1) is 6.92 Å². The van der Waals surface area contributed by atoms with Gasteiger partial charge in [-0.05, 0) is 42.8 Å². The number of aryl methyl sites for hydroxylation is 1. The van der Waals surface area contributed by atoms with E-state index in [2.05, 4.69) is 5.32 Å². The summed E-state index contributed by atoms with van der Waals surface area (Å²) in [5, 5.41) is 21.6. The summed E-state index contributed by atoms with van der Waals surface area (Å²) >= 11 is 11.9. The van der Waals surface area contributed by atoms with Gasteiger partial charge in [-0.15, -0.1) is 0 Å².